The van der Waals surface area contributed by atoms with Gasteiger partial charge in [-0.3, -0.25) is 9.59 Å². The van der Waals surface area contributed by atoms with E-state index in [1.54, 1.807) is 11.0 Å². The van der Waals surface area contributed by atoms with Crippen LogP contribution in [-0.4, -0.2) is 56.0 Å². The Labute approximate surface area is 124 Å². The Morgan fingerprint density at radius 1 is 1.29 bits per heavy atom. The minimum absolute atomic E-state index is 0.0497. The summed E-state index contributed by atoms with van der Waals surface area (Å²) in [5.74, 6) is -0.840. The quantitative estimate of drug-likeness (QED) is 0.766. The number of morpholine rings is 1. The topological polar surface area (TPSA) is 49.9 Å². The van der Waals surface area contributed by atoms with Gasteiger partial charge >= 0.3 is 0 Å². The number of nitrogens with zero attached hydrogens (tertiary/aromatic N) is 2. The summed E-state index contributed by atoms with van der Waals surface area (Å²) in [5, 5.41) is 0. The van der Waals surface area contributed by atoms with Crippen molar-refractivity contribution in [2.45, 2.75) is 20.0 Å². The molecule has 0 spiro atoms. The van der Waals surface area contributed by atoms with E-state index in [0.29, 0.717) is 18.7 Å². The zero-order chi connectivity index (χ0) is 15.1. The van der Waals surface area contributed by atoms with Crippen LogP contribution < -0.4 is 4.90 Å². The number of carbonyl (C=O) groups excluding carboxylic acids is 2. The zero-order valence-corrected chi connectivity index (χ0v) is 12.7. The van der Waals surface area contributed by atoms with Crippen LogP contribution in [0.15, 0.2) is 12.1 Å². The second kappa shape index (κ2) is 5.24. The van der Waals surface area contributed by atoms with Gasteiger partial charge in [0.15, 0.2) is 0 Å². The van der Waals surface area contributed by atoms with Gasteiger partial charge in [0.2, 0.25) is 0 Å². The second-order valence-electron chi connectivity index (χ2n) is 5.90. The molecule has 1 atom stereocenters. The van der Waals surface area contributed by atoms with E-state index < -0.39 is 11.7 Å². The Morgan fingerprint density at radius 2 is 2.05 bits per heavy atom. The lowest BCUT2D eigenvalue weighted by Gasteiger charge is -2.32. The summed E-state index contributed by atoms with van der Waals surface area (Å²) in [5.41, 5.74) is 3.37. The van der Waals surface area contributed by atoms with E-state index in [-0.39, 0.29) is 6.10 Å². The maximum Gasteiger partial charge on any atom is 0.299 e. The molecule has 0 aliphatic carbocycles. The molecule has 5 heteroatoms. The Kier molecular flexibility index (Phi) is 3.55. The first kappa shape index (κ1) is 14.2. The average Bonchev–Trinajstić information content (AvgIpc) is 2.69. The van der Waals surface area contributed by atoms with Crippen molar-refractivity contribution in [3.05, 3.63) is 28.8 Å². The predicted octanol–water partition coefficient (Wildman–Crippen LogP) is 1.16. The Bertz CT molecular complexity index is 612. The number of ether oxygens (including phenoxy) is 1. The highest BCUT2D eigenvalue weighted by molar-refractivity contribution is 6.52. The molecular weight excluding hydrogens is 268 g/mol. The molecule has 0 bridgehead atoms. The van der Waals surface area contributed by atoms with Crippen molar-refractivity contribution in [1.29, 1.82) is 0 Å². The van der Waals surface area contributed by atoms with Crippen LogP contribution in [0, 0.1) is 13.8 Å². The number of anilines is 1. The summed E-state index contributed by atoms with van der Waals surface area (Å²) >= 11 is 0. The number of ketones is 1. The van der Waals surface area contributed by atoms with Gasteiger partial charge in [-0.15, -0.1) is 0 Å². The molecule has 1 saturated heterocycles. The maximum atomic E-state index is 12.3. The molecule has 1 amide bonds. The molecule has 0 radical (unpaired) electrons. The summed E-state index contributed by atoms with van der Waals surface area (Å²) in [6.07, 6.45) is -0.0497. The van der Waals surface area contributed by atoms with Crippen LogP contribution >= 0.6 is 0 Å². The van der Waals surface area contributed by atoms with Crippen LogP contribution in [0.5, 0.6) is 0 Å². The van der Waals surface area contributed by atoms with Crippen molar-refractivity contribution < 1.29 is 14.3 Å². The van der Waals surface area contributed by atoms with Crippen molar-refractivity contribution >= 4 is 17.4 Å². The molecule has 2 heterocycles. The van der Waals surface area contributed by atoms with Gasteiger partial charge in [0.05, 0.1) is 30.5 Å². The SMILES string of the molecule is Cc1ccc2c(c1C)N(CC1CN(C)CCO1)C(=O)C2=O. The number of rotatable bonds is 2. The minimum atomic E-state index is -0.435. The third-order valence-corrected chi connectivity index (χ3v) is 4.38. The van der Waals surface area contributed by atoms with Gasteiger partial charge in [-0.25, -0.2) is 0 Å². The lowest BCUT2D eigenvalue weighted by atomic mass is 10.0. The molecule has 0 saturated carbocycles. The Hall–Kier alpha value is -1.72. The Balaban J connectivity index is 1.92. The van der Waals surface area contributed by atoms with Crippen LogP contribution in [-0.2, 0) is 9.53 Å². The van der Waals surface area contributed by atoms with Crippen LogP contribution in [0.2, 0.25) is 0 Å². The van der Waals surface area contributed by atoms with Gasteiger partial charge in [0.1, 0.15) is 0 Å². The van der Waals surface area contributed by atoms with E-state index in [0.717, 1.165) is 29.9 Å². The van der Waals surface area contributed by atoms with Crippen molar-refractivity contribution in [2.75, 3.05) is 38.2 Å². The number of benzene rings is 1. The molecule has 1 aromatic carbocycles. The van der Waals surface area contributed by atoms with E-state index >= 15 is 0 Å². The number of amides is 1. The first-order valence-corrected chi connectivity index (χ1v) is 7.25. The number of Topliss-reactive ketones (excluding diaryl/α,β-unsaturated/α-hetero) is 1. The number of hydrogen-bond acceptors (Lipinski definition) is 4. The maximum absolute atomic E-state index is 12.3. The average molecular weight is 288 g/mol. The summed E-state index contributed by atoms with van der Waals surface area (Å²) in [6, 6.07) is 3.65. The first-order valence-electron chi connectivity index (χ1n) is 7.25. The molecule has 2 aliphatic heterocycles. The fraction of sp³-hybridized carbons (Fsp3) is 0.500. The fourth-order valence-electron chi connectivity index (χ4n) is 3.03. The molecule has 1 unspecified atom stereocenters. The van der Waals surface area contributed by atoms with E-state index in [2.05, 4.69) is 4.90 Å². The molecule has 1 aromatic rings. The third-order valence-electron chi connectivity index (χ3n) is 4.38. The third kappa shape index (κ3) is 2.36. The number of aryl methyl sites for hydroxylation is 1. The summed E-state index contributed by atoms with van der Waals surface area (Å²) < 4.78 is 5.73. The number of hydrogen-bond donors (Lipinski definition) is 0. The summed E-state index contributed by atoms with van der Waals surface area (Å²) in [7, 11) is 2.04. The fourth-order valence-corrected chi connectivity index (χ4v) is 3.03. The highest BCUT2D eigenvalue weighted by Gasteiger charge is 2.38. The molecule has 21 heavy (non-hydrogen) atoms. The smallest absolute Gasteiger partial charge is 0.299 e. The highest BCUT2D eigenvalue weighted by Crippen LogP contribution is 2.34. The molecule has 3 rings (SSSR count). The van der Waals surface area contributed by atoms with Crippen molar-refractivity contribution in [3.63, 3.8) is 0 Å². The second-order valence-corrected chi connectivity index (χ2v) is 5.90. The summed E-state index contributed by atoms with van der Waals surface area (Å²) in [6.45, 7) is 6.73. The van der Waals surface area contributed by atoms with Crippen molar-refractivity contribution in [1.82, 2.24) is 4.90 Å². The monoisotopic (exact) mass is 288 g/mol. The largest absolute Gasteiger partial charge is 0.374 e. The van der Waals surface area contributed by atoms with Crippen LogP contribution in [0.4, 0.5) is 5.69 Å². The molecule has 1 fully saturated rings. The van der Waals surface area contributed by atoms with Gasteiger partial charge in [-0.05, 0) is 38.1 Å². The van der Waals surface area contributed by atoms with Crippen molar-refractivity contribution in [2.24, 2.45) is 0 Å². The van der Waals surface area contributed by atoms with Gasteiger partial charge in [0.25, 0.3) is 11.7 Å². The molecule has 5 nitrogen and oxygen atoms in total. The van der Waals surface area contributed by atoms with Gasteiger partial charge in [-0.1, -0.05) is 6.07 Å². The van der Waals surface area contributed by atoms with Gasteiger partial charge in [0, 0.05) is 13.1 Å². The number of fused-ring (bicyclic) bond motifs is 1. The van der Waals surface area contributed by atoms with Crippen LogP contribution in [0.1, 0.15) is 21.5 Å². The van der Waals surface area contributed by atoms with Gasteiger partial charge < -0.3 is 14.5 Å². The lowest BCUT2D eigenvalue weighted by Crippen LogP contribution is -2.47. The van der Waals surface area contributed by atoms with Crippen LogP contribution in [0.3, 0.4) is 0 Å². The standard InChI is InChI=1S/C16H20N2O3/c1-10-4-5-13-14(11(10)2)18(16(20)15(13)19)9-12-8-17(3)6-7-21-12/h4-5,12H,6-9H2,1-3H3. The van der Waals surface area contributed by atoms with E-state index in [9.17, 15) is 9.59 Å². The highest BCUT2D eigenvalue weighted by atomic mass is 16.5. The summed E-state index contributed by atoms with van der Waals surface area (Å²) in [4.78, 5) is 28.2. The number of likely N-dealkylation sites (N-methyl/N-ethyl adjacent to an activating group) is 1. The number of carbonyl (C=O) groups is 2. The van der Waals surface area contributed by atoms with E-state index in [1.807, 2.05) is 27.0 Å². The van der Waals surface area contributed by atoms with E-state index in [4.69, 9.17) is 4.74 Å². The minimum Gasteiger partial charge on any atom is -0.374 e. The van der Waals surface area contributed by atoms with Crippen molar-refractivity contribution in [3.8, 4) is 0 Å². The molecular formula is C16H20N2O3. The van der Waals surface area contributed by atoms with E-state index in [1.165, 1.54) is 0 Å². The molecule has 0 N–H and O–H groups in total. The zero-order valence-electron chi connectivity index (χ0n) is 12.7. The Morgan fingerprint density at radius 3 is 2.76 bits per heavy atom. The predicted molar refractivity (Wildman–Crippen MR) is 79.8 cm³/mol. The first-order chi connectivity index (χ1) is 9.99. The lowest BCUT2D eigenvalue weighted by molar-refractivity contribution is -0.115. The molecule has 112 valence electrons. The molecule has 2 aliphatic rings. The van der Waals surface area contributed by atoms with Crippen LogP contribution in [0.25, 0.3) is 0 Å². The van der Waals surface area contributed by atoms with Gasteiger partial charge in [-0.2, -0.15) is 0 Å². The normalized spacial score (nSPS) is 22.8. The molecule has 0 aromatic heterocycles.